The first kappa shape index (κ1) is 13.9. The third-order valence-corrected chi connectivity index (χ3v) is 3.22. The molecule has 0 aromatic carbocycles. The fraction of sp³-hybridized carbons (Fsp3) is 0.462. The van der Waals surface area contributed by atoms with Crippen LogP contribution in [0.1, 0.15) is 30.3 Å². The molecule has 7 nitrogen and oxygen atoms in total. The van der Waals surface area contributed by atoms with Crippen molar-refractivity contribution in [1.29, 1.82) is 0 Å². The summed E-state index contributed by atoms with van der Waals surface area (Å²) in [4.78, 5) is 12.4. The van der Waals surface area contributed by atoms with E-state index in [9.17, 15) is 4.79 Å². The standard InChI is InChI=1S/C13H16N4O3/c1-2-3-4-6-17-12(8-14-20)10-9-16(13(18)19)7-5-11(10)15-17/h8,20H,4-7,9H2,1H3,(H,18,19)/b14-8-. The van der Waals surface area contributed by atoms with E-state index in [0.29, 0.717) is 31.6 Å². The van der Waals surface area contributed by atoms with E-state index in [1.807, 2.05) is 0 Å². The number of aromatic nitrogens is 2. The smallest absolute Gasteiger partial charge is 0.407 e. The lowest BCUT2D eigenvalue weighted by Gasteiger charge is -2.23. The zero-order chi connectivity index (χ0) is 14.5. The lowest BCUT2D eigenvalue weighted by Crippen LogP contribution is -2.34. The molecule has 1 amide bonds. The summed E-state index contributed by atoms with van der Waals surface area (Å²) in [6, 6.07) is 0. The van der Waals surface area contributed by atoms with Crippen LogP contribution in [0.3, 0.4) is 0 Å². The van der Waals surface area contributed by atoms with Crippen LogP contribution in [0.25, 0.3) is 0 Å². The quantitative estimate of drug-likeness (QED) is 0.375. The monoisotopic (exact) mass is 276 g/mol. The van der Waals surface area contributed by atoms with Crippen molar-refractivity contribution < 1.29 is 15.1 Å². The molecule has 0 spiro atoms. The Morgan fingerprint density at radius 3 is 3.05 bits per heavy atom. The van der Waals surface area contributed by atoms with Crippen molar-refractivity contribution in [3.63, 3.8) is 0 Å². The van der Waals surface area contributed by atoms with Crippen LogP contribution in [0.15, 0.2) is 5.16 Å². The van der Waals surface area contributed by atoms with Gasteiger partial charge in [-0.25, -0.2) is 4.79 Å². The van der Waals surface area contributed by atoms with Gasteiger partial charge in [0.15, 0.2) is 0 Å². The van der Waals surface area contributed by atoms with Crippen molar-refractivity contribution in [1.82, 2.24) is 14.7 Å². The van der Waals surface area contributed by atoms with Crippen molar-refractivity contribution in [2.75, 3.05) is 6.54 Å². The third-order valence-electron chi connectivity index (χ3n) is 3.22. The van der Waals surface area contributed by atoms with Crippen LogP contribution in [0, 0.1) is 11.8 Å². The van der Waals surface area contributed by atoms with Gasteiger partial charge in [-0.3, -0.25) is 4.68 Å². The minimum atomic E-state index is -0.952. The molecule has 1 aliphatic heterocycles. The van der Waals surface area contributed by atoms with Crippen molar-refractivity contribution in [2.45, 2.75) is 32.9 Å². The number of hydrogen-bond acceptors (Lipinski definition) is 4. The van der Waals surface area contributed by atoms with Gasteiger partial charge < -0.3 is 15.2 Å². The molecule has 2 rings (SSSR count). The second kappa shape index (κ2) is 6.10. The SMILES string of the molecule is CC#CCCn1nc2c(c1/C=N\O)CN(C(=O)O)CC2. The molecule has 1 aromatic rings. The summed E-state index contributed by atoms with van der Waals surface area (Å²) in [5.74, 6) is 5.76. The number of carboxylic acid groups (broad SMARTS) is 1. The average molecular weight is 276 g/mol. The molecule has 2 N–H and O–H groups in total. The van der Waals surface area contributed by atoms with E-state index < -0.39 is 6.09 Å². The Hall–Kier alpha value is -2.49. The summed E-state index contributed by atoms with van der Waals surface area (Å²) in [6.45, 7) is 3.06. The molecule has 0 saturated carbocycles. The number of carbonyl (C=O) groups is 1. The minimum Gasteiger partial charge on any atom is -0.465 e. The molecular formula is C13H16N4O3. The maximum atomic E-state index is 11.0. The van der Waals surface area contributed by atoms with Gasteiger partial charge in [0.25, 0.3) is 0 Å². The molecule has 0 atom stereocenters. The lowest BCUT2D eigenvalue weighted by molar-refractivity contribution is 0.140. The topological polar surface area (TPSA) is 91.0 Å². The summed E-state index contributed by atoms with van der Waals surface area (Å²) in [7, 11) is 0. The molecule has 0 saturated heterocycles. The fourth-order valence-electron chi connectivity index (χ4n) is 2.27. The Bertz CT molecular complexity index is 595. The van der Waals surface area contributed by atoms with Gasteiger partial charge in [0.05, 0.1) is 30.7 Å². The summed E-state index contributed by atoms with van der Waals surface area (Å²) in [6.07, 6.45) is 1.57. The molecule has 2 heterocycles. The fourth-order valence-corrected chi connectivity index (χ4v) is 2.27. The van der Waals surface area contributed by atoms with Gasteiger partial charge in [-0.1, -0.05) is 5.16 Å². The second-order valence-electron chi connectivity index (χ2n) is 4.41. The number of nitrogens with zero attached hydrogens (tertiary/aromatic N) is 4. The number of hydrogen-bond donors (Lipinski definition) is 2. The van der Waals surface area contributed by atoms with Crippen molar-refractivity contribution in [2.24, 2.45) is 5.16 Å². The number of aryl methyl sites for hydroxylation is 1. The van der Waals surface area contributed by atoms with Crippen LogP contribution >= 0.6 is 0 Å². The van der Waals surface area contributed by atoms with Crippen molar-refractivity contribution in [3.8, 4) is 11.8 Å². The highest BCUT2D eigenvalue weighted by Gasteiger charge is 2.26. The summed E-state index contributed by atoms with van der Waals surface area (Å²) in [5, 5.41) is 25.4. The molecule has 0 aliphatic carbocycles. The van der Waals surface area contributed by atoms with E-state index in [1.54, 1.807) is 11.6 Å². The third kappa shape index (κ3) is 2.74. The normalized spacial score (nSPS) is 13.9. The van der Waals surface area contributed by atoms with Crippen LogP contribution in [0.4, 0.5) is 4.79 Å². The molecule has 7 heteroatoms. The molecule has 0 bridgehead atoms. The predicted octanol–water partition coefficient (Wildman–Crippen LogP) is 1.14. The lowest BCUT2D eigenvalue weighted by atomic mass is 10.1. The predicted molar refractivity (Wildman–Crippen MR) is 71.8 cm³/mol. The number of oxime groups is 1. The van der Waals surface area contributed by atoms with Crippen LogP contribution in [-0.4, -0.2) is 43.8 Å². The highest BCUT2D eigenvalue weighted by Crippen LogP contribution is 2.21. The van der Waals surface area contributed by atoms with Crippen molar-refractivity contribution in [3.05, 3.63) is 17.0 Å². The van der Waals surface area contributed by atoms with Crippen LogP contribution in [-0.2, 0) is 19.5 Å². The van der Waals surface area contributed by atoms with Gasteiger partial charge in [-0.05, 0) is 6.92 Å². The van der Waals surface area contributed by atoms with E-state index in [0.717, 1.165) is 11.3 Å². The Morgan fingerprint density at radius 1 is 1.60 bits per heavy atom. The van der Waals surface area contributed by atoms with Gasteiger partial charge >= 0.3 is 6.09 Å². The van der Waals surface area contributed by atoms with Crippen LogP contribution in [0.2, 0.25) is 0 Å². The molecule has 1 aromatic heterocycles. The van der Waals surface area contributed by atoms with E-state index >= 15 is 0 Å². The number of fused-ring (bicyclic) bond motifs is 1. The Labute approximate surface area is 116 Å². The summed E-state index contributed by atoms with van der Waals surface area (Å²) >= 11 is 0. The van der Waals surface area contributed by atoms with E-state index in [-0.39, 0.29) is 6.54 Å². The maximum absolute atomic E-state index is 11.0. The Balaban J connectivity index is 2.31. The molecule has 20 heavy (non-hydrogen) atoms. The molecule has 0 fully saturated rings. The van der Waals surface area contributed by atoms with E-state index in [4.69, 9.17) is 10.3 Å². The van der Waals surface area contributed by atoms with Crippen molar-refractivity contribution >= 4 is 12.3 Å². The van der Waals surface area contributed by atoms with Gasteiger partial charge in [-0.2, -0.15) is 5.10 Å². The highest BCUT2D eigenvalue weighted by molar-refractivity contribution is 5.80. The minimum absolute atomic E-state index is 0.269. The zero-order valence-corrected chi connectivity index (χ0v) is 11.2. The average Bonchev–Trinajstić information content (AvgIpc) is 2.77. The van der Waals surface area contributed by atoms with Gasteiger partial charge in [-0.15, -0.1) is 11.8 Å². The first-order valence-electron chi connectivity index (χ1n) is 6.30. The molecule has 1 aliphatic rings. The highest BCUT2D eigenvalue weighted by atomic mass is 16.4. The Morgan fingerprint density at radius 2 is 2.40 bits per heavy atom. The number of amides is 1. The molecule has 106 valence electrons. The largest absolute Gasteiger partial charge is 0.465 e. The molecule has 0 radical (unpaired) electrons. The zero-order valence-electron chi connectivity index (χ0n) is 11.2. The first-order valence-corrected chi connectivity index (χ1v) is 6.30. The summed E-state index contributed by atoms with van der Waals surface area (Å²) < 4.78 is 1.72. The molecular weight excluding hydrogens is 260 g/mol. The van der Waals surface area contributed by atoms with E-state index in [1.165, 1.54) is 11.1 Å². The Kier molecular flexibility index (Phi) is 4.25. The maximum Gasteiger partial charge on any atom is 0.407 e. The number of rotatable bonds is 3. The van der Waals surface area contributed by atoms with Gasteiger partial charge in [0.2, 0.25) is 0 Å². The first-order chi connectivity index (χ1) is 9.67. The van der Waals surface area contributed by atoms with E-state index in [2.05, 4.69) is 22.1 Å². The summed E-state index contributed by atoms with van der Waals surface area (Å²) in [5.41, 5.74) is 2.31. The van der Waals surface area contributed by atoms with Crippen LogP contribution < -0.4 is 0 Å². The van der Waals surface area contributed by atoms with Crippen LogP contribution in [0.5, 0.6) is 0 Å². The van der Waals surface area contributed by atoms with Gasteiger partial charge in [0.1, 0.15) is 0 Å². The molecule has 0 unspecified atom stereocenters. The second-order valence-corrected chi connectivity index (χ2v) is 4.41. The van der Waals surface area contributed by atoms with Gasteiger partial charge in [0, 0.05) is 24.9 Å².